The maximum atomic E-state index is 13.1. The first kappa shape index (κ1) is 23.3. The predicted octanol–water partition coefficient (Wildman–Crippen LogP) is 3.19. The summed E-state index contributed by atoms with van der Waals surface area (Å²) in [4.78, 5) is 37.1. The van der Waals surface area contributed by atoms with E-state index in [1.54, 1.807) is 18.5 Å². The lowest BCUT2D eigenvalue weighted by Gasteiger charge is -2.38. The summed E-state index contributed by atoms with van der Waals surface area (Å²) in [6.45, 7) is 10.3. The van der Waals surface area contributed by atoms with E-state index in [2.05, 4.69) is 44.2 Å². The minimum absolute atomic E-state index is 0.0155. The Hall–Kier alpha value is -3.85. The van der Waals surface area contributed by atoms with Crippen molar-refractivity contribution in [2.75, 3.05) is 47.4 Å². The van der Waals surface area contributed by atoms with Gasteiger partial charge in [-0.25, -0.2) is 0 Å². The molecule has 3 aromatic rings. The van der Waals surface area contributed by atoms with Crippen LogP contribution >= 0.6 is 0 Å². The van der Waals surface area contributed by atoms with Gasteiger partial charge in [0, 0.05) is 49.8 Å². The number of aromatic amines is 1. The van der Waals surface area contributed by atoms with Crippen LogP contribution in [0.1, 0.15) is 29.8 Å². The summed E-state index contributed by atoms with van der Waals surface area (Å²) in [6.07, 6.45) is 4.65. The summed E-state index contributed by atoms with van der Waals surface area (Å²) in [5, 5.41) is 5.96. The van der Waals surface area contributed by atoms with Gasteiger partial charge in [-0.3, -0.25) is 19.5 Å². The lowest BCUT2D eigenvalue weighted by atomic mass is 10.1. The number of aromatic nitrogens is 2. The van der Waals surface area contributed by atoms with Gasteiger partial charge in [-0.1, -0.05) is 0 Å². The molecule has 0 spiro atoms. The molecule has 0 radical (unpaired) electrons. The lowest BCUT2D eigenvalue weighted by molar-refractivity contribution is 0.102. The zero-order valence-corrected chi connectivity index (χ0v) is 19.8. The smallest absolute Gasteiger partial charge is 0.263 e. The second-order valence-electron chi connectivity index (χ2n) is 8.74. The number of hydrogen-bond donors (Lipinski definition) is 4. The van der Waals surface area contributed by atoms with Gasteiger partial charge in [0.05, 0.1) is 29.5 Å². The standard InChI is InChI=1S/C25H31N7O2/c1-16(2)31-10-12-32(13-11-31)19-6-4-18(5-7-19)29-25(34)23-21(8-9-28-24(23)33)30-22-15-27-14-20(26)17(22)3/h4-9,14-16H,10-13,26H2,1-3H3,(H,29,34)(H2,28,30,33). The Morgan fingerprint density at radius 2 is 1.76 bits per heavy atom. The van der Waals surface area contributed by atoms with Gasteiger partial charge < -0.3 is 26.3 Å². The van der Waals surface area contributed by atoms with Gasteiger partial charge in [0.25, 0.3) is 11.5 Å². The van der Waals surface area contributed by atoms with E-state index in [1.807, 2.05) is 31.2 Å². The number of hydrogen-bond acceptors (Lipinski definition) is 7. The first-order valence-electron chi connectivity index (χ1n) is 11.4. The summed E-state index contributed by atoms with van der Waals surface area (Å²) >= 11 is 0. The fraction of sp³-hybridized carbons (Fsp3) is 0.320. The third-order valence-corrected chi connectivity index (χ3v) is 6.25. The average Bonchev–Trinajstić information content (AvgIpc) is 2.82. The van der Waals surface area contributed by atoms with E-state index in [0.717, 1.165) is 37.4 Å². The molecule has 1 fully saturated rings. The van der Waals surface area contributed by atoms with Crippen LogP contribution in [0.5, 0.6) is 0 Å². The number of nitrogens with two attached hydrogens (primary N) is 1. The molecule has 1 aliphatic rings. The first-order valence-corrected chi connectivity index (χ1v) is 11.4. The highest BCUT2D eigenvalue weighted by Crippen LogP contribution is 2.25. The molecule has 1 saturated heterocycles. The molecule has 0 atom stereocenters. The van der Waals surface area contributed by atoms with E-state index >= 15 is 0 Å². The molecular weight excluding hydrogens is 430 g/mol. The van der Waals surface area contributed by atoms with Gasteiger partial charge in [-0.05, 0) is 56.7 Å². The monoisotopic (exact) mass is 461 g/mol. The van der Waals surface area contributed by atoms with E-state index in [4.69, 9.17) is 5.73 Å². The highest BCUT2D eigenvalue weighted by molar-refractivity contribution is 6.08. The average molecular weight is 462 g/mol. The van der Waals surface area contributed by atoms with Crippen LogP contribution in [0.3, 0.4) is 0 Å². The Labute approximate surface area is 199 Å². The number of nitrogens with zero attached hydrogens (tertiary/aromatic N) is 3. The third-order valence-electron chi connectivity index (χ3n) is 6.25. The molecule has 0 aliphatic carbocycles. The maximum Gasteiger partial charge on any atom is 0.263 e. The second kappa shape index (κ2) is 9.96. The van der Waals surface area contributed by atoms with Crippen molar-refractivity contribution in [1.82, 2.24) is 14.9 Å². The van der Waals surface area contributed by atoms with Crippen LogP contribution < -0.4 is 26.8 Å². The number of anilines is 5. The highest BCUT2D eigenvalue weighted by atomic mass is 16.2. The quantitative estimate of drug-likeness (QED) is 0.445. The van der Waals surface area contributed by atoms with E-state index in [1.165, 1.54) is 6.20 Å². The van der Waals surface area contributed by atoms with Crippen LogP contribution in [0.25, 0.3) is 0 Å². The summed E-state index contributed by atoms with van der Waals surface area (Å²) in [7, 11) is 0. The van der Waals surface area contributed by atoms with Crippen LogP contribution in [0, 0.1) is 6.92 Å². The number of H-pyrrole nitrogens is 1. The predicted molar refractivity (Wildman–Crippen MR) is 137 cm³/mol. The number of carbonyl (C=O) groups is 1. The molecule has 9 nitrogen and oxygen atoms in total. The fourth-order valence-electron chi connectivity index (χ4n) is 4.07. The zero-order chi connectivity index (χ0) is 24.2. The topological polar surface area (TPSA) is 119 Å². The molecule has 0 unspecified atom stereocenters. The number of carbonyl (C=O) groups excluding carboxylic acids is 1. The highest BCUT2D eigenvalue weighted by Gasteiger charge is 2.20. The molecule has 5 N–H and O–H groups in total. The van der Waals surface area contributed by atoms with Crippen LogP contribution in [0.4, 0.5) is 28.4 Å². The fourth-order valence-corrected chi connectivity index (χ4v) is 4.07. The minimum Gasteiger partial charge on any atom is -0.397 e. The van der Waals surface area contributed by atoms with Crippen molar-refractivity contribution < 1.29 is 4.79 Å². The zero-order valence-electron chi connectivity index (χ0n) is 19.8. The number of amides is 1. The van der Waals surface area contributed by atoms with E-state index in [9.17, 15) is 9.59 Å². The van der Waals surface area contributed by atoms with Crippen molar-refractivity contribution in [2.45, 2.75) is 26.8 Å². The maximum absolute atomic E-state index is 13.1. The van der Waals surface area contributed by atoms with Crippen molar-refractivity contribution in [1.29, 1.82) is 0 Å². The summed E-state index contributed by atoms with van der Waals surface area (Å²) in [6, 6.07) is 9.91. The molecule has 2 aromatic heterocycles. The Morgan fingerprint density at radius 1 is 1.06 bits per heavy atom. The summed E-state index contributed by atoms with van der Waals surface area (Å²) < 4.78 is 0. The Balaban J connectivity index is 1.48. The second-order valence-corrected chi connectivity index (χ2v) is 8.74. The van der Waals surface area contributed by atoms with Crippen molar-refractivity contribution in [3.05, 3.63) is 70.4 Å². The first-order chi connectivity index (χ1) is 16.3. The van der Waals surface area contributed by atoms with Gasteiger partial charge in [-0.2, -0.15) is 0 Å². The molecule has 0 bridgehead atoms. The van der Waals surface area contributed by atoms with Crippen LogP contribution in [0.15, 0.2) is 53.7 Å². The van der Waals surface area contributed by atoms with E-state index in [-0.39, 0.29) is 5.56 Å². The van der Waals surface area contributed by atoms with Crippen LogP contribution in [0.2, 0.25) is 0 Å². The van der Waals surface area contributed by atoms with Gasteiger partial charge >= 0.3 is 0 Å². The van der Waals surface area contributed by atoms with Crippen molar-refractivity contribution in [3.8, 4) is 0 Å². The Bertz CT molecular complexity index is 1210. The third kappa shape index (κ3) is 5.04. The largest absolute Gasteiger partial charge is 0.397 e. The van der Waals surface area contributed by atoms with Crippen LogP contribution in [-0.2, 0) is 0 Å². The Morgan fingerprint density at radius 3 is 2.44 bits per heavy atom. The molecule has 0 saturated carbocycles. The molecule has 3 heterocycles. The number of nitrogens with one attached hydrogen (secondary N) is 3. The summed E-state index contributed by atoms with van der Waals surface area (Å²) in [5.74, 6) is -0.503. The van der Waals surface area contributed by atoms with Gasteiger partial charge in [0.15, 0.2) is 0 Å². The van der Waals surface area contributed by atoms with Crippen molar-refractivity contribution in [2.24, 2.45) is 0 Å². The normalized spacial score (nSPS) is 14.3. The van der Waals surface area contributed by atoms with E-state index < -0.39 is 11.5 Å². The molecule has 1 amide bonds. The van der Waals surface area contributed by atoms with Gasteiger partial charge in [0.2, 0.25) is 0 Å². The minimum atomic E-state index is -0.503. The number of nitrogen functional groups attached to an aromatic ring is 1. The molecular formula is C25H31N7O2. The van der Waals surface area contributed by atoms with Gasteiger partial charge in [0.1, 0.15) is 5.56 Å². The molecule has 1 aromatic carbocycles. The molecule has 34 heavy (non-hydrogen) atoms. The van der Waals surface area contributed by atoms with E-state index in [0.29, 0.717) is 28.8 Å². The SMILES string of the molecule is Cc1c(N)cncc1Nc1cc[nH]c(=O)c1C(=O)Nc1ccc(N2CCN(C(C)C)CC2)cc1. The van der Waals surface area contributed by atoms with Crippen molar-refractivity contribution in [3.63, 3.8) is 0 Å². The number of piperazine rings is 1. The van der Waals surface area contributed by atoms with Gasteiger partial charge in [-0.15, -0.1) is 0 Å². The summed E-state index contributed by atoms with van der Waals surface area (Å²) in [5.41, 5.74) is 9.46. The molecule has 9 heteroatoms. The number of rotatable bonds is 6. The van der Waals surface area contributed by atoms with Crippen LogP contribution in [-0.4, -0.2) is 53.0 Å². The number of benzene rings is 1. The molecule has 178 valence electrons. The molecule has 4 rings (SSSR count). The molecule has 1 aliphatic heterocycles. The number of pyridine rings is 2. The lowest BCUT2D eigenvalue weighted by Crippen LogP contribution is -2.48. The Kier molecular flexibility index (Phi) is 6.83. The van der Waals surface area contributed by atoms with Crippen molar-refractivity contribution >= 4 is 34.3 Å².